The number of rotatable bonds is 0. The predicted molar refractivity (Wildman–Crippen MR) is 26.6 cm³/mol. The molecule has 0 saturated heterocycles. The van der Waals surface area contributed by atoms with Gasteiger partial charge in [-0.3, -0.25) is 0 Å². The van der Waals surface area contributed by atoms with E-state index in [4.69, 9.17) is 0 Å². The van der Waals surface area contributed by atoms with Crippen molar-refractivity contribution in [2.24, 2.45) is 0 Å². The zero-order valence-corrected chi connectivity index (χ0v) is 8.34. The van der Waals surface area contributed by atoms with Gasteiger partial charge in [-0.15, -0.1) is 0 Å². The van der Waals surface area contributed by atoms with Crippen molar-refractivity contribution < 1.29 is 19.5 Å². The third-order valence-electron chi connectivity index (χ3n) is 1.03. The average molecular weight is 200 g/mol. The summed E-state index contributed by atoms with van der Waals surface area (Å²) < 4.78 is 0. The molecule has 0 bridgehead atoms. The summed E-state index contributed by atoms with van der Waals surface area (Å²) in [6, 6.07) is 0. The molecular formula is C4H7BrZn. The Bertz CT molecular complexity index is 34.5. The van der Waals surface area contributed by atoms with Gasteiger partial charge in [-0.05, 0) is 12.8 Å². The van der Waals surface area contributed by atoms with E-state index in [-0.39, 0.29) is 19.5 Å². The zero-order chi connectivity index (χ0) is 3.70. The molecule has 6 heavy (non-hydrogen) atoms. The molecule has 0 spiro atoms. The SMILES string of the molecule is BrC1CCC1.[Zn]. The molecule has 1 rings (SSSR count). The maximum atomic E-state index is 3.46. The second-order valence-electron chi connectivity index (χ2n) is 1.53. The second kappa shape index (κ2) is 3.15. The van der Waals surface area contributed by atoms with Gasteiger partial charge in [0.15, 0.2) is 0 Å². The number of hydrogen-bond donors (Lipinski definition) is 0. The Hall–Kier alpha value is 1.10. The van der Waals surface area contributed by atoms with Crippen LogP contribution in [0.3, 0.4) is 0 Å². The minimum Gasteiger partial charge on any atom is -0.0891 e. The van der Waals surface area contributed by atoms with Crippen LogP contribution in [0.1, 0.15) is 19.3 Å². The molecule has 1 saturated carbocycles. The van der Waals surface area contributed by atoms with E-state index in [0.29, 0.717) is 0 Å². The van der Waals surface area contributed by atoms with E-state index < -0.39 is 0 Å². The first-order valence-electron chi connectivity index (χ1n) is 2.03. The van der Waals surface area contributed by atoms with Crippen LogP contribution in [0, 0.1) is 0 Å². The van der Waals surface area contributed by atoms with Gasteiger partial charge in [0.1, 0.15) is 0 Å². The first-order valence-corrected chi connectivity index (χ1v) is 2.95. The molecular weight excluding hydrogens is 193 g/mol. The third-order valence-corrected chi connectivity index (χ3v) is 1.95. The minimum atomic E-state index is 0. The summed E-state index contributed by atoms with van der Waals surface area (Å²) in [6.07, 6.45) is 4.25. The summed E-state index contributed by atoms with van der Waals surface area (Å²) in [4.78, 5) is 0.877. The minimum absolute atomic E-state index is 0. The fraction of sp³-hybridized carbons (Fsp3) is 1.00. The van der Waals surface area contributed by atoms with Gasteiger partial charge in [-0.2, -0.15) is 0 Å². The number of hydrogen-bond acceptors (Lipinski definition) is 0. The van der Waals surface area contributed by atoms with Crippen molar-refractivity contribution in [3.05, 3.63) is 0 Å². The monoisotopic (exact) mass is 198 g/mol. The van der Waals surface area contributed by atoms with E-state index >= 15 is 0 Å². The largest absolute Gasteiger partial charge is 0.0891 e. The molecule has 1 fully saturated rings. The van der Waals surface area contributed by atoms with Gasteiger partial charge in [0.2, 0.25) is 0 Å². The van der Waals surface area contributed by atoms with Crippen LogP contribution in [0.4, 0.5) is 0 Å². The van der Waals surface area contributed by atoms with E-state index in [9.17, 15) is 0 Å². The fourth-order valence-electron chi connectivity index (χ4n) is 0.358. The molecule has 0 aliphatic heterocycles. The maximum Gasteiger partial charge on any atom is 0.0145 e. The molecule has 2 heteroatoms. The quantitative estimate of drug-likeness (QED) is 0.414. The Morgan fingerprint density at radius 3 is 1.67 bits per heavy atom. The van der Waals surface area contributed by atoms with Gasteiger partial charge >= 0.3 is 0 Å². The van der Waals surface area contributed by atoms with Crippen molar-refractivity contribution in [3.63, 3.8) is 0 Å². The Morgan fingerprint density at radius 2 is 1.67 bits per heavy atom. The first kappa shape index (κ1) is 7.10. The van der Waals surface area contributed by atoms with Crippen molar-refractivity contribution in [1.29, 1.82) is 0 Å². The summed E-state index contributed by atoms with van der Waals surface area (Å²) in [6.45, 7) is 0. The topological polar surface area (TPSA) is 0 Å². The molecule has 32 valence electrons. The second-order valence-corrected chi connectivity index (χ2v) is 2.82. The summed E-state index contributed by atoms with van der Waals surface area (Å²) in [5.74, 6) is 0. The first-order chi connectivity index (χ1) is 2.39. The van der Waals surface area contributed by atoms with E-state index in [0.717, 1.165) is 4.83 Å². The molecule has 0 aromatic carbocycles. The molecule has 1 aliphatic rings. The van der Waals surface area contributed by atoms with E-state index in [1.54, 1.807) is 0 Å². The van der Waals surface area contributed by atoms with Gasteiger partial charge in [0.25, 0.3) is 0 Å². The number of halogens is 1. The van der Waals surface area contributed by atoms with Gasteiger partial charge in [-0.1, -0.05) is 22.4 Å². The molecule has 0 atom stereocenters. The van der Waals surface area contributed by atoms with Crippen LogP contribution >= 0.6 is 15.9 Å². The van der Waals surface area contributed by atoms with E-state index in [2.05, 4.69) is 15.9 Å². The molecule has 0 radical (unpaired) electrons. The van der Waals surface area contributed by atoms with E-state index in [1.807, 2.05) is 0 Å². The van der Waals surface area contributed by atoms with Crippen molar-refractivity contribution in [3.8, 4) is 0 Å². The summed E-state index contributed by atoms with van der Waals surface area (Å²) in [5.41, 5.74) is 0. The van der Waals surface area contributed by atoms with Crippen molar-refractivity contribution in [1.82, 2.24) is 0 Å². The Kier molecular flexibility index (Phi) is 3.73. The van der Waals surface area contributed by atoms with Gasteiger partial charge in [0.05, 0.1) is 0 Å². The van der Waals surface area contributed by atoms with Gasteiger partial charge < -0.3 is 0 Å². The van der Waals surface area contributed by atoms with Crippen molar-refractivity contribution in [2.45, 2.75) is 24.1 Å². The average Bonchev–Trinajstić information content (AvgIpc) is 1.30. The molecule has 0 heterocycles. The maximum absolute atomic E-state index is 3.46. The molecule has 0 amide bonds. The van der Waals surface area contributed by atoms with Crippen LogP contribution in [0.5, 0.6) is 0 Å². The van der Waals surface area contributed by atoms with Crippen LogP contribution < -0.4 is 0 Å². The van der Waals surface area contributed by atoms with Gasteiger partial charge in [-0.25, -0.2) is 0 Å². The molecule has 0 nitrogen and oxygen atoms in total. The zero-order valence-electron chi connectivity index (χ0n) is 3.78. The van der Waals surface area contributed by atoms with Crippen molar-refractivity contribution >= 4 is 15.9 Å². The molecule has 0 N–H and O–H groups in total. The summed E-state index contributed by atoms with van der Waals surface area (Å²) >= 11 is 3.46. The molecule has 0 unspecified atom stereocenters. The smallest absolute Gasteiger partial charge is 0.0145 e. The molecule has 1 aliphatic carbocycles. The van der Waals surface area contributed by atoms with E-state index in [1.165, 1.54) is 19.3 Å². The van der Waals surface area contributed by atoms with Gasteiger partial charge in [0, 0.05) is 24.3 Å². The van der Waals surface area contributed by atoms with Crippen LogP contribution in [0.15, 0.2) is 0 Å². The van der Waals surface area contributed by atoms with Crippen LogP contribution in [-0.4, -0.2) is 4.83 Å². The standard InChI is InChI=1S/C4H7Br.Zn/c5-4-2-1-3-4;/h4H,1-3H2;. The van der Waals surface area contributed by atoms with Crippen LogP contribution in [-0.2, 0) is 19.5 Å². The Balaban J connectivity index is 0.000000250. The predicted octanol–water partition coefficient (Wildman–Crippen LogP) is 1.93. The van der Waals surface area contributed by atoms with Crippen LogP contribution in [0.2, 0.25) is 0 Å². The normalized spacial score (nSPS) is 21.5. The Morgan fingerprint density at radius 1 is 1.33 bits per heavy atom. The molecule has 0 aromatic rings. The number of alkyl halides is 1. The third kappa shape index (κ3) is 1.70. The summed E-state index contributed by atoms with van der Waals surface area (Å²) in [7, 11) is 0. The fourth-order valence-corrected chi connectivity index (χ4v) is 1.01. The molecule has 0 aromatic heterocycles. The van der Waals surface area contributed by atoms with Crippen LogP contribution in [0.25, 0.3) is 0 Å². The Labute approximate surface area is 59.6 Å². The summed E-state index contributed by atoms with van der Waals surface area (Å²) in [5, 5.41) is 0. The van der Waals surface area contributed by atoms with Crippen molar-refractivity contribution in [2.75, 3.05) is 0 Å².